The van der Waals surface area contributed by atoms with E-state index in [1.165, 1.54) is 12.5 Å². The molecule has 2 aliphatic rings. The number of halogens is 3. The molecule has 6 rings (SSSR count). The predicted molar refractivity (Wildman–Crippen MR) is 176 cm³/mol. The number of aromatic nitrogens is 2. The van der Waals surface area contributed by atoms with Gasteiger partial charge in [-0.3, -0.25) is 4.90 Å². The van der Waals surface area contributed by atoms with Gasteiger partial charge in [0.25, 0.3) is 0 Å². The lowest BCUT2D eigenvalue weighted by Crippen LogP contribution is -2.56. The van der Waals surface area contributed by atoms with Crippen molar-refractivity contribution >= 4 is 29.3 Å². The van der Waals surface area contributed by atoms with E-state index in [0.29, 0.717) is 60.0 Å². The van der Waals surface area contributed by atoms with Crippen molar-refractivity contribution in [2.75, 3.05) is 34.8 Å². The molecule has 1 unspecified atom stereocenters. The number of benzene rings is 2. The van der Waals surface area contributed by atoms with Crippen molar-refractivity contribution in [3.05, 3.63) is 78.3 Å². The fourth-order valence-corrected chi connectivity index (χ4v) is 6.09. The van der Waals surface area contributed by atoms with Gasteiger partial charge in [-0.1, -0.05) is 12.1 Å². The number of anilines is 3. The first-order chi connectivity index (χ1) is 22.8. The molecule has 48 heavy (non-hydrogen) atoms. The van der Waals surface area contributed by atoms with E-state index in [1.54, 1.807) is 50.1 Å². The minimum Gasteiger partial charge on any atom is -0.444 e. The molecule has 0 aliphatic carbocycles. The lowest BCUT2D eigenvalue weighted by molar-refractivity contribution is -0.137. The molecule has 2 bridgehead atoms. The van der Waals surface area contributed by atoms with Gasteiger partial charge in [-0.15, -0.1) is 0 Å². The lowest BCUT2D eigenvalue weighted by atomic mass is 9.99. The molecule has 1 atom stereocenters. The third-order valence-corrected chi connectivity index (χ3v) is 8.16. The molecule has 1 fully saturated rings. The van der Waals surface area contributed by atoms with E-state index in [0.717, 1.165) is 42.8 Å². The lowest BCUT2D eigenvalue weighted by Gasteiger charge is -2.46. The number of hydrogen-bond donors (Lipinski definition) is 2. The van der Waals surface area contributed by atoms with E-state index in [9.17, 15) is 22.8 Å². The van der Waals surface area contributed by atoms with E-state index < -0.39 is 29.5 Å². The number of aryl methyl sites for hydroxylation is 1. The Balaban J connectivity index is 1.26. The number of carbonyl (C=O) groups is 2. The molecule has 2 aromatic carbocycles. The number of oxazole rings is 1. The maximum atomic E-state index is 14.1. The van der Waals surface area contributed by atoms with Crippen molar-refractivity contribution in [1.82, 2.24) is 15.3 Å². The third-order valence-electron chi connectivity index (χ3n) is 8.16. The molecule has 2 aliphatic heterocycles. The van der Waals surface area contributed by atoms with E-state index in [2.05, 4.69) is 20.5 Å². The normalized spacial score (nSPS) is 15.9. The number of alkyl halides is 3. The monoisotopic (exact) mass is 662 g/mol. The molecule has 0 spiro atoms. The summed E-state index contributed by atoms with van der Waals surface area (Å²) in [7, 11) is 0. The Morgan fingerprint density at radius 2 is 1.90 bits per heavy atom. The highest BCUT2D eigenvalue weighted by Gasteiger charge is 2.38. The van der Waals surface area contributed by atoms with Crippen LogP contribution in [0, 0.1) is 0 Å². The fourth-order valence-electron chi connectivity index (χ4n) is 6.09. The summed E-state index contributed by atoms with van der Waals surface area (Å²) in [5.74, 6) is 0.927. The fraction of sp³-hybridized carbons (Fsp3) is 0.371. The van der Waals surface area contributed by atoms with E-state index in [1.807, 2.05) is 18.2 Å². The van der Waals surface area contributed by atoms with Crippen LogP contribution in [0.4, 0.5) is 40.0 Å². The summed E-state index contributed by atoms with van der Waals surface area (Å²) in [5, 5.41) is 5.81. The highest BCUT2D eigenvalue weighted by atomic mass is 19.4. The number of amides is 3. The average molecular weight is 663 g/mol. The summed E-state index contributed by atoms with van der Waals surface area (Å²) in [6.45, 7) is 7.22. The topological polar surface area (TPSA) is 113 Å². The second kappa shape index (κ2) is 13.2. The molecule has 4 aromatic rings. The zero-order valence-electron chi connectivity index (χ0n) is 26.9. The molecule has 13 heteroatoms. The van der Waals surface area contributed by atoms with E-state index in [-0.39, 0.29) is 6.04 Å². The molecule has 2 N–H and O–H groups in total. The van der Waals surface area contributed by atoms with E-state index >= 15 is 0 Å². The minimum atomic E-state index is -4.49. The zero-order valence-corrected chi connectivity index (χ0v) is 26.9. The Bertz CT molecular complexity index is 1790. The standard InChI is InChI=1S/C35H37F3N6O4/c1-34(2,3)48-33(46)40-13-5-7-22-15-24(30-19-39-21-47-30)18-26(16-22)41-32(45)44-27-10-6-14-43(20-27)29-12-11-28(42-31(29)44)23-8-4-9-25(17-23)35(36,37)38/h4,8-9,11-12,15-19,21,27H,5-7,10,13-14,20H2,1-3H3,(H,40,46)(H,41,45). The van der Waals surface area contributed by atoms with Crippen molar-refractivity contribution in [3.63, 3.8) is 0 Å². The second-order valence-electron chi connectivity index (χ2n) is 13.0. The number of pyridine rings is 1. The zero-order chi connectivity index (χ0) is 34.1. The van der Waals surface area contributed by atoms with Crippen LogP contribution < -0.4 is 20.4 Å². The Labute approximate surface area is 276 Å². The van der Waals surface area contributed by atoms with Crippen LogP contribution in [0.2, 0.25) is 0 Å². The number of urea groups is 1. The van der Waals surface area contributed by atoms with Crippen molar-refractivity contribution in [1.29, 1.82) is 0 Å². The molecular formula is C35H37F3N6O4. The SMILES string of the molecule is CC(C)(C)OC(=O)NCCCc1cc(NC(=O)N2c3nc(-c4cccc(C(F)(F)F)c4)ccc3N3CCCC2C3)cc(-c2cnco2)c1. The highest BCUT2D eigenvalue weighted by Crippen LogP contribution is 2.40. The Kier molecular flexibility index (Phi) is 9.04. The van der Waals surface area contributed by atoms with Crippen LogP contribution >= 0.6 is 0 Å². The quantitative estimate of drug-likeness (QED) is 0.194. The molecule has 3 amide bonds. The largest absolute Gasteiger partial charge is 0.444 e. The molecule has 1 saturated heterocycles. The van der Waals surface area contributed by atoms with Crippen LogP contribution in [0.1, 0.15) is 51.2 Å². The summed E-state index contributed by atoms with van der Waals surface area (Å²) in [6, 6.07) is 13.6. The van der Waals surface area contributed by atoms with Gasteiger partial charge in [0, 0.05) is 36.4 Å². The van der Waals surface area contributed by atoms with Crippen LogP contribution in [0.5, 0.6) is 0 Å². The maximum absolute atomic E-state index is 14.1. The van der Waals surface area contributed by atoms with Crippen molar-refractivity contribution in [3.8, 4) is 22.6 Å². The van der Waals surface area contributed by atoms with Crippen molar-refractivity contribution < 1.29 is 31.9 Å². The first-order valence-corrected chi connectivity index (χ1v) is 15.9. The first kappa shape index (κ1) is 32.9. The number of fused-ring (bicyclic) bond motifs is 4. The molecule has 10 nitrogen and oxygen atoms in total. The van der Waals surface area contributed by atoms with E-state index in [4.69, 9.17) is 14.1 Å². The number of nitrogens with one attached hydrogen (secondary N) is 2. The summed E-state index contributed by atoms with van der Waals surface area (Å²) in [5.41, 5.74) is 2.19. The van der Waals surface area contributed by atoms with Gasteiger partial charge in [0.1, 0.15) is 5.60 Å². The maximum Gasteiger partial charge on any atom is 0.416 e. The summed E-state index contributed by atoms with van der Waals surface area (Å²) in [4.78, 5) is 38.8. The molecule has 2 aromatic heterocycles. The molecule has 0 radical (unpaired) electrons. The predicted octanol–water partition coefficient (Wildman–Crippen LogP) is 7.90. The minimum absolute atomic E-state index is 0.175. The van der Waals surface area contributed by atoms with Gasteiger partial charge in [-0.2, -0.15) is 13.2 Å². The Morgan fingerprint density at radius 1 is 1.06 bits per heavy atom. The molecular weight excluding hydrogens is 625 g/mol. The van der Waals surface area contributed by atoms with Crippen LogP contribution in [0.3, 0.4) is 0 Å². The Morgan fingerprint density at radius 3 is 2.65 bits per heavy atom. The number of ether oxygens (including phenoxy) is 1. The number of rotatable bonds is 7. The number of carbonyl (C=O) groups excluding carboxylic acids is 2. The summed E-state index contributed by atoms with van der Waals surface area (Å²) < 4.78 is 51.3. The van der Waals surface area contributed by atoms with Gasteiger partial charge in [-0.25, -0.2) is 19.6 Å². The van der Waals surface area contributed by atoms with Crippen molar-refractivity contribution in [2.24, 2.45) is 0 Å². The third kappa shape index (κ3) is 7.56. The van der Waals surface area contributed by atoms with Crippen LogP contribution in [-0.2, 0) is 17.3 Å². The van der Waals surface area contributed by atoms with Gasteiger partial charge >= 0.3 is 18.3 Å². The van der Waals surface area contributed by atoms with Crippen LogP contribution in [0.15, 0.2) is 71.6 Å². The number of hydrogen-bond acceptors (Lipinski definition) is 7. The second-order valence-corrected chi connectivity index (χ2v) is 13.0. The molecule has 252 valence electrons. The Hall–Kier alpha value is -5.07. The van der Waals surface area contributed by atoms with Crippen LogP contribution in [0.25, 0.3) is 22.6 Å². The smallest absolute Gasteiger partial charge is 0.416 e. The highest BCUT2D eigenvalue weighted by molar-refractivity contribution is 6.05. The van der Waals surface area contributed by atoms with Crippen LogP contribution in [-0.4, -0.2) is 53.4 Å². The summed E-state index contributed by atoms with van der Waals surface area (Å²) in [6.07, 6.45) is 0.784. The van der Waals surface area contributed by atoms with Crippen molar-refractivity contribution in [2.45, 2.75) is 64.3 Å². The first-order valence-electron chi connectivity index (χ1n) is 15.9. The number of nitrogens with zero attached hydrogens (tertiary/aromatic N) is 4. The van der Waals surface area contributed by atoms with Gasteiger partial charge < -0.3 is 24.7 Å². The number of piperidine rings is 1. The molecule has 4 heterocycles. The van der Waals surface area contributed by atoms with Gasteiger partial charge in [0.05, 0.1) is 29.2 Å². The van der Waals surface area contributed by atoms with Gasteiger partial charge in [0.15, 0.2) is 18.0 Å². The number of alkyl carbamates (subject to hydrolysis) is 1. The van der Waals surface area contributed by atoms with Gasteiger partial charge in [-0.05, 0) is 94.5 Å². The van der Waals surface area contributed by atoms with Gasteiger partial charge in [0.2, 0.25) is 0 Å². The summed E-state index contributed by atoms with van der Waals surface area (Å²) >= 11 is 0. The average Bonchev–Trinajstić information content (AvgIpc) is 3.57. The molecule has 0 saturated carbocycles.